The quantitative estimate of drug-likeness (QED) is 0.937. The van der Waals surface area contributed by atoms with Gasteiger partial charge in [0.15, 0.2) is 0 Å². The van der Waals surface area contributed by atoms with E-state index in [-0.39, 0.29) is 0 Å². The van der Waals surface area contributed by atoms with Crippen molar-refractivity contribution >= 4 is 17.6 Å². The molecule has 1 aliphatic carbocycles. The van der Waals surface area contributed by atoms with E-state index in [2.05, 4.69) is 33.2 Å². The Morgan fingerprint density at radius 1 is 1.35 bits per heavy atom. The summed E-state index contributed by atoms with van der Waals surface area (Å²) in [4.78, 5) is 8.51. The standard InChI is InChI=1S/C15H20N4S/c1-2-20-13-5-4-12(7-13)19-10-17-9-14(19)11-3-6-15(16)18-8-11/h3,6,8-10,12-13H,2,4-5,7H2,1H3,(H2,16,18). The topological polar surface area (TPSA) is 56.7 Å². The van der Waals surface area contributed by atoms with Gasteiger partial charge in [0.25, 0.3) is 0 Å². The zero-order valence-electron chi connectivity index (χ0n) is 11.7. The van der Waals surface area contributed by atoms with Crippen LogP contribution in [0, 0.1) is 0 Å². The van der Waals surface area contributed by atoms with Gasteiger partial charge in [-0.1, -0.05) is 6.92 Å². The lowest BCUT2D eigenvalue weighted by atomic mass is 10.2. The number of hydrogen-bond acceptors (Lipinski definition) is 4. The third kappa shape index (κ3) is 2.68. The van der Waals surface area contributed by atoms with Crippen molar-refractivity contribution in [3.05, 3.63) is 30.9 Å². The Morgan fingerprint density at radius 3 is 3.00 bits per heavy atom. The Morgan fingerprint density at radius 2 is 2.25 bits per heavy atom. The molecular formula is C15H20N4S. The lowest BCUT2D eigenvalue weighted by Crippen LogP contribution is -2.07. The molecule has 0 bridgehead atoms. The first kappa shape index (κ1) is 13.5. The maximum absolute atomic E-state index is 5.66. The largest absolute Gasteiger partial charge is 0.384 e. The van der Waals surface area contributed by atoms with E-state index in [0.29, 0.717) is 11.9 Å². The molecule has 106 valence electrons. The van der Waals surface area contributed by atoms with Gasteiger partial charge in [-0.05, 0) is 37.1 Å². The summed E-state index contributed by atoms with van der Waals surface area (Å²) in [6, 6.07) is 4.43. The lowest BCUT2D eigenvalue weighted by Gasteiger charge is -2.16. The molecule has 2 aromatic heterocycles. The van der Waals surface area contributed by atoms with Crippen molar-refractivity contribution in [3.8, 4) is 11.3 Å². The molecule has 2 atom stereocenters. The van der Waals surface area contributed by atoms with Crippen LogP contribution in [0.25, 0.3) is 11.3 Å². The number of thioether (sulfide) groups is 1. The molecule has 2 unspecified atom stereocenters. The molecule has 0 amide bonds. The molecule has 0 radical (unpaired) electrons. The highest BCUT2D eigenvalue weighted by atomic mass is 32.2. The molecule has 0 spiro atoms. The van der Waals surface area contributed by atoms with Crippen LogP contribution in [-0.2, 0) is 0 Å². The van der Waals surface area contributed by atoms with Crippen molar-refractivity contribution in [2.75, 3.05) is 11.5 Å². The average Bonchev–Trinajstić information content (AvgIpc) is 3.08. The Kier molecular flexibility index (Phi) is 3.96. The Labute approximate surface area is 123 Å². The van der Waals surface area contributed by atoms with Gasteiger partial charge >= 0.3 is 0 Å². The van der Waals surface area contributed by atoms with Crippen LogP contribution < -0.4 is 5.73 Å². The van der Waals surface area contributed by atoms with Gasteiger partial charge in [0.2, 0.25) is 0 Å². The summed E-state index contributed by atoms with van der Waals surface area (Å²) in [7, 11) is 0. The second-order valence-electron chi connectivity index (χ2n) is 5.20. The molecule has 1 fully saturated rings. The third-order valence-electron chi connectivity index (χ3n) is 3.90. The Bertz CT molecular complexity index is 564. The van der Waals surface area contributed by atoms with Gasteiger partial charge in [-0.15, -0.1) is 0 Å². The molecule has 4 nitrogen and oxygen atoms in total. The highest BCUT2D eigenvalue weighted by molar-refractivity contribution is 7.99. The van der Waals surface area contributed by atoms with Crippen molar-refractivity contribution in [1.82, 2.24) is 14.5 Å². The van der Waals surface area contributed by atoms with E-state index in [1.54, 1.807) is 0 Å². The highest BCUT2D eigenvalue weighted by Crippen LogP contribution is 2.38. The lowest BCUT2D eigenvalue weighted by molar-refractivity contribution is 0.524. The fourth-order valence-electron chi connectivity index (χ4n) is 2.93. The molecule has 2 N–H and O–H groups in total. The molecule has 2 heterocycles. The van der Waals surface area contributed by atoms with Crippen molar-refractivity contribution in [1.29, 1.82) is 0 Å². The molecule has 0 aromatic carbocycles. The predicted octanol–water partition coefficient (Wildman–Crippen LogP) is 3.37. The maximum atomic E-state index is 5.66. The number of rotatable bonds is 4. The summed E-state index contributed by atoms with van der Waals surface area (Å²) in [5.41, 5.74) is 7.89. The molecule has 1 saturated carbocycles. The molecule has 1 aliphatic rings. The maximum Gasteiger partial charge on any atom is 0.123 e. The minimum atomic E-state index is 0.556. The zero-order chi connectivity index (χ0) is 13.9. The van der Waals surface area contributed by atoms with E-state index >= 15 is 0 Å². The van der Waals surface area contributed by atoms with Gasteiger partial charge in [-0.25, -0.2) is 9.97 Å². The molecule has 0 saturated heterocycles. The minimum absolute atomic E-state index is 0.556. The molecule has 2 aromatic rings. The van der Waals surface area contributed by atoms with Gasteiger partial charge in [0, 0.05) is 23.1 Å². The van der Waals surface area contributed by atoms with Gasteiger partial charge in [0.1, 0.15) is 5.82 Å². The molecule has 3 rings (SSSR count). The smallest absolute Gasteiger partial charge is 0.123 e. The van der Waals surface area contributed by atoms with Crippen LogP contribution >= 0.6 is 11.8 Å². The second-order valence-corrected chi connectivity index (χ2v) is 6.78. The number of imidazole rings is 1. The summed E-state index contributed by atoms with van der Waals surface area (Å²) in [5, 5.41) is 0.796. The first-order valence-electron chi connectivity index (χ1n) is 7.13. The number of anilines is 1. The van der Waals surface area contributed by atoms with Gasteiger partial charge in [0.05, 0.1) is 18.2 Å². The van der Waals surface area contributed by atoms with Crippen LogP contribution in [0.2, 0.25) is 0 Å². The van der Waals surface area contributed by atoms with Crippen LogP contribution in [0.4, 0.5) is 5.82 Å². The van der Waals surface area contributed by atoms with E-state index < -0.39 is 0 Å². The van der Waals surface area contributed by atoms with Crippen molar-refractivity contribution in [2.24, 2.45) is 0 Å². The summed E-state index contributed by atoms with van der Waals surface area (Å²) in [6.45, 7) is 2.24. The molecule has 0 aliphatic heterocycles. The van der Waals surface area contributed by atoms with Crippen molar-refractivity contribution in [2.45, 2.75) is 37.5 Å². The summed E-state index contributed by atoms with van der Waals surface area (Å²) >= 11 is 2.08. The summed E-state index contributed by atoms with van der Waals surface area (Å²) in [5.74, 6) is 1.76. The van der Waals surface area contributed by atoms with Crippen molar-refractivity contribution in [3.63, 3.8) is 0 Å². The van der Waals surface area contributed by atoms with Gasteiger partial charge < -0.3 is 10.3 Å². The highest BCUT2D eigenvalue weighted by Gasteiger charge is 2.27. The number of nitrogens with zero attached hydrogens (tertiary/aromatic N) is 3. The summed E-state index contributed by atoms with van der Waals surface area (Å²) < 4.78 is 2.31. The molecular weight excluding hydrogens is 268 g/mol. The number of nitrogen functional groups attached to an aromatic ring is 1. The fourth-order valence-corrected chi connectivity index (χ4v) is 4.07. The molecule has 5 heteroatoms. The van der Waals surface area contributed by atoms with Gasteiger partial charge in [-0.2, -0.15) is 11.8 Å². The third-order valence-corrected chi connectivity index (χ3v) is 5.13. The Balaban J connectivity index is 1.82. The van der Waals surface area contributed by atoms with Crippen molar-refractivity contribution < 1.29 is 0 Å². The van der Waals surface area contributed by atoms with Crippen LogP contribution in [0.3, 0.4) is 0 Å². The van der Waals surface area contributed by atoms with E-state index in [0.717, 1.165) is 16.5 Å². The Hall–Kier alpha value is -1.49. The average molecular weight is 288 g/mol. The molecule has 20 heavy (non-hydrogen) atoms. The van der Waals surface area contributed by atoms with E-state index in [1.165, 1.54) is 25.0 Å². The van der Waals surface area contributed by atoms with E-state index in [4.69, 9.17) is 5.73 Å². The van der Waals surface area contributed by atoms with E-state index in [9.17, 15) is 0 Å². The number of pyridine rings is 1. The summed E-state index contributed by atoms with van der Waals surface area (Å²) in [6.07, 6.45) is 9.49. The number of aromatic nitrogens is 3. The zero-order valence-corrected chi connectivity index (χ0v) is 12.5. The first-order valence-corrected chi connectivity index (χ1v) is 8.18. The number of nitrogens with two attached hydrogens (primary N) is 1. The normalized spacial score (nSPS) is 22.2. The van der Waals surface area contributed by atoms with Crippen LogP contribution in [-0.4, -0.2) is 25.5 Å². The van der Waals surface area contributed by atoms with Crippen LogP contribution in [0.1, 0.15) is 32.2 Å². The monoisotopic (exact) mass is 288 g/mol. The predicted molar refractivity (Wildman–Crippen MR) is 84.7 cm³/mol. The van der Waals surface area contributed by atoms with Crippen LogP contribution in [0.5, 0.6) is 0 Å². The minimum Gasteiger partial charge on any atom is -0.384 e. The SMILES string of the molecule is CCSC1CCC(n2cncc2-c2ccc(N)nc2)C1. The fraction of sp³-hybridized carbons (Fsp3) is 0.467. The first-order chi connectivity index (χ1) is 9.78. The second kappa shape index (κ2) is 5.87. The van der Waals surface area contributed by atoms with E-state index in [1.807, 2.05) is 30.9 Å². The number of hydrogen-bond donors (Lipinski definition) is 1. The van der Waals surface area contributed by atoms with Gasteiger partial charge in [-0.3, -0.25) is 0 Å². The van der Waals surface area contributed by atoms with Crippen LogP contribution in [0.15, 0.2) is 30.9 Å².